The summed E-state index contributed by atoms with van der Waals surface area (Å²) < 4.78 is 38.6. The highest BCUT2D eigenvalue weighted by molar-refractivity contribution is 8.24. The third kappa shape index (κ3) is 14.5. The van der Waals surface area contributed by atoms with Crippen molar-refractivity contribution in [3.63, 3.8) is 0 Å². The van der Waals surface area contributed by atoms with Crippen LogP contribution in [0.25, 0.3) is 4.85 Å². The summed E-state index contributed by atoms with van der Waals surface area (Å²) in [6, 6.07) is 3.11. The molecule has 0 atom stereocenters. The smallest absolute Gasteiger partial charge is 0.338 e. The van der Waals surface area contributed by atoms with Gasteiger partial charge in [0, 0.05) is 18.6 Å². The molecular weight excluding hydrogens is 855 g/mol. The first-order valence-corrected chi connectivity index (χ1v) is 23.2. The lowest BCUT2D eigenvalue weighted by atomic mass is 9.82. The first kappa shape index (κ1) is 48.9. The fourth-order valence-corrected chi connectivity index (χ4v) is 10.3. The molecule has 0 spiro atoms. The van der Waals surface area contributed by atoms with Gasteiger partial charge in [-0.1, -0.05) is 43.6 Å². The number of carbonyl (C=O) groups is 7. The van der Waals surface area contributed by atoms with Gasteiger partial charge in [0.2, 0.25) is 0 Å². The van der Waals surface area contributed by atoms with Crippen molar-refractivity contribution in [2.24, 2.45) is 29.6 Å². The van der Waals surface area contributed by atoms with Crippen molar-refractivity contribution in [1.82, 2.24) is 0 Å². The van der Waals surface area contributed by atoms with Crippen LogP contribution in [0.3, 0.4) is 0 Å². The molecule has 0 saturated heterocycles. The van der Waals surface area contributed by atoms with E-state index in [-0.39, 0.29) is 96.0 Å². The summed E-state index contributed by atoms with van der Waals surface area (Å²) in [6.07, 6.45) is 10.3. The van der Waals surface area contributed by atoms with Crippen molar-refractivity contribution < 1.29 is 66.7 Å². The predicted octanol–water partition coefficient (Wildman–Crippen LogP) is 8.23. The molecule has 1 heterocycles. The summed E-state index contributed by atoms with van der Waals surface area (Å²) in [4.78, 5) is 92.4. The number of nitrogens with zero attached hydrogens (tertiary/aromatic N) is 1. The number of unbranched alkanes of at least 4 members (excludes halogenated alkanes) is 1. The number of esters is 7. The number of carbonyl (C=O) groups excluding carboxylic acids is 7. The predicted molar refractivity (Wildman–Crippen MR) is 230 cm³/mol. The van der Waals surface area contributed by atoms with Gasteiger partial charge in [-0.2, -0.15) is 0 Å². The van der Waals surface area contributed by atoms with Crippen LogP contribution in [0.15, 0.2) is 57.2 Å². The second kappa shape index (κ2) is 24.7. The van der Waals surface area contributed by atoms with E-state index in [9.17, 15) is 33.6 Å². The largest absolute Gasteiger partial charge is 0.470 e. The second-order valence-electron chi connectivity index (χ2n) is 16.0. The lowest BCUT2D eigenvalue weighted by Gasteiger charge is -2.30. The summed E-state index contributed by atoms with van der Waals surface area (Å²) in [6.45, 7) is 17.0. The number of hydrogen-bond donors (Lipinski definition) is 0. The molecule has 3 fully saturated rings. The molecule has 0 radical (unpaired) electrons. The first-order chi connectivity index (χ1) is 30.4. The van der Waals surface area contributed by atoms with E-state index in [2.05, 4.69) is 24.9 Å². The van der Waals surface area contributed by atoms with Crippen LogP contribution in [0.5, 0.6) is 11.5 Å². The Morgan fingerprint density at radius 3 is 1.54 bits per heavy atom. The standard InChI is InChI=1S/C46H55NO14S2/c1-5-36(48)55-24-7-8-25-57-41(50)29-14-16-31(17-15-29)42(51)59-33-20-18-32(19-21-33)44(53)61-35-23-22-34(60-43(52)30-12-10-28(3)11-13-30)39-40(35)63-46(62-39)38(47-4)45(54)58-27-9-26-56-37(49)6-2/h5-6,22-23,28-33H,1-2,7-21,24-27H2,3H3. The first-order valence-electron chi connectivity index (χ1n) is 21.6. The molecule has 1 aliphatic heterocycles. The van der Waals surface area contributed by atoms with Gasteiger partial charge in [-0.25, -0.2) is 14.4 Å². The Labute approximate surface area is 376 Å². The number of thioether (sulfide) groups is 2. The Morgan fingerprint density at radius 1 is 0.603 bits per heavy atom. The minimum absolute atomic E-state index is 0.00181. The van der Waals surface area contributed by atoms with Crippen LogP contribution in [-0.4, -0.2) is 74.3 Å². The molecule has 4 aliphatic rings. The highest BCUT2D eigenvalue weighted by atomic mass is 32.2. The van der Waals surface area contributed by atoms with Crippen LogP contribution in [0, 0.1) is 36.2 Å². The molecule has 63 heavy (non-hydrogen) atoms. The molecule has 3 saturated carbocycles. The number of ether oxygens (including phenoxy) is 7. The zero-order chi connectivity index (χ0) is 45.3. The number of fused-ring (bicyclic) bond motifs is 1. The van der Waals surface area contributed by atoms with Crippen LogP contribution in [0.2, 0.25) is 0 Å². The number of rotatable bonds is 19. The fourth-order valence-electron chi connectivity index (χ4n) is 7.73. The van der Waals surface area contributed by atoms with Crippen LogP contribution in [0.1, 0.15) is 103 Å². The SMILES string of the molecule is [C-]#[N+]C(C(=O)OCCCOC(=O)C=C)=C1Sc2c(OC(=O)C3CCC(C)CC3)ccc(OC(=O)C3CCC(OC(=O)C4CCC(C(=O)OCCCCOC(=O)C=C)CC4)CC3)c2S1. The number of hydrogen-bond acceptors (Lipinski definition) is 16. The number of benzene rings is 1. The maximum atomic E-state index is 13.6. The molecule has 0 N–H and O–H groups in total. The fraction of sp³-hybridized carbons (Fsp3) is 0.565. The van der Waals surface area contributed by atoms with E-state index in [0.717, 1.165) is 48.5 Å². The average Bonchev–Trinajstić information content (AvgIpc) is 3.74. The van der Waals surface area contributed by atoms with Gasteiger partial charge in [0.05, 0.1) is 70.7 Å². The van der Waals surface area contributed by atoms with E-state index in [1.165, 1.54) is 0 Å². The Morgan fingerprint density at radius 2 is 1.03 bits per heavy atom. The van der Waals surface area contributed by atoms with Crippen LogP contribution in [-0.2, 0) is 57.2 Å². The van der Waals surface area contributed by atoms with Gasteiger partial charge in [-0.3, -0.25) is 24.0 Å². The van der Waals surface area contributed by atoms with Crippen LogP contribution in [0.4, 0.5) is 0 Å². The third-order valence-electron chi connectivity index (χ3n) is 11.5. The summed E-state index contributed by atoms with van der Waals surface area (Å²) in [5.41, 5.74) is -0.294. The quantitative estimate of drug-likeness (QED) is 0.0322. The van der Waals surface area contributed by atoms with Crippen molar-refractivity contribution in [1.29, 1.82) is 0 Å². The van der Waals surface area contributed by atoms with E-state index >= 15 is 0 Å². The topological polar surface area (TPSA) is 188 Å². The monoisotopic (exact) mass is 909 g/mol. The highest BCUT2D eigenvalue weighted by Crippen LogP contribution is 2.59. The maximum Gasteiger partial charge on any atom is 0.338 e. The minimum atomic E-state index is -0.878. The molecule has 340 valence electrons. The Kier molecular flexibility index (Phi) is 19.2. The Bertz CT molecular complexity index is 1950. The van der Waals surface area contributed by atoms with E-state index < -0.39 is 29.8 Å². The molecule has 1 aromatic rings. The van der Waals surface area contributed by atoms with Gasteiger partial charge in [0.1, 0.15) is 17.6 Å². The Hall–Kier alpha value is -5.08. The maximum absolute atomic E-state index is 13.6. The molecule has 0 bridgehead atoms. The summed E-state index contributed by atoms with van der Waals surface area (Å²) in [5, 5.41) is 0. The van der Waals surface area contributed by atoms with Gasteiger partial charge in [-0.15, -0.1) is 0 Å². The second-order valence-corrected chi connectivity index (χ2v) is 18.3. The molecular formula is C46H55NO14S2. The molecule has 0 aromatic heterocycles. The van der Waals surface area contributed by atoms with Crippen molar-refractivity contribution in [3.05, 3.63) is 58.8 Å². The van der Waals surface area contributed by atoms with Gasteiger partial charge < -0.3 is 33.2 Å². The van der Waals surface area contributed by atoms with Crippen molar-refractivity contribution in [2.75, 3.05) is 26.4 Å². The van der Waals surface area contributed by atoms with Gasteiger partial charge in [0.15, 0.2) is 0 Å². The lowest BCUT2D eigenvalue weighted by molar-refractivity contribution is -0.160. The summed E-state index contributed by atoms with van der Waals surface area (Å²) in [7, 11) is 0. The minimum Gasteiger partial charge on any atom is -0.470 e. The molecule has 5 rings (SSSR count). The molecule has 1 aromatic carbocycles. The van der Waals surface area contributed by atoms with Crippen molar-refractivity contribution in [2.45, 2.75) is 119 Å². The molecule has 0 amide bonds. The van der Waals surface area contributed by atoms with Gasteiger partial charge in [-0.05, 0) is 108 Å². The molecule has 17 heteroatoms. The van der Waals surface area contributed by atoms with Crippen molar-refractivity contribution in [3.8, 4) is 11.5 Å². The van der Waals surface area contributed by atoms with Gasteiger partial charge in [0.25, 0.3) is 5.70 Å². The zero-order valence-electron chi connectivity index (χ0n) is 35.6. The normalized spacial score (nSPS) is 23.6. The highest BCUT2D eigenvalue weighted by Gasteiger charge is 2.37. The van der Waals surface area contributed by atoms with Gasteiger partial charge >= 0.3 is 41.8 Å². The van der Waals surface area contributed by atoms with E-state index in [1.807, 2.05) is 0 Å². The van der Waals surface area contributed by atoms with E-state index in [1.54, 1.807) is 12.1 Å². The molecule has 15 nitrogen and oxygen atoms in total. The van der Waals surface area contributed by atoms with E-state index in [4.69, 9.17) is 39.7 Å². The van der Waals surface area contributed by atoms with Crippen molar-refractivity contribution >= 4 is 65.3 Å². The average molecular weight is 910 g/mol. The van der Waals surface area contributed by atoms with E-state index in [0.29, 0.717) is 92.8 Å². The zero-order valence-corrected chi connectivity index (χ0v) is 37.2. The molecule has 0 unspecified atom stereocenters. The summed E-state index contributed by atoms with van der Waals surface area (Å²) >= 11 is 2.11. The molecule has 3 aliphatic carbocycles. The summed E-state index contributed by atoms with van der Waals surface area (Å²) in [5.74, 6) is -3.77. The third-order valence-corrected chi connectivity index (χ3v) is 14.1. The Balaban J connectivity index is 1.13. The van der Waals surface area contributed by atoms with Crippen LogP contribution >= 0.6 is 23.5 Å². The lowest BCUT2D eigenvalue weighted by Crippen LogP contribution is -2.33. The van der Waals surface area contributed by atoms with Crippen LogP contribution < -0.4 is 9.47 Å².